The molecule has 1 aromatic heterocycles. The minimum Gasteiger partial charge on any atom is -0.356 e. The molecule has 0 aliphatic heterocycles. The Kier molecular flexibility index (Phi) is 4.54. The monoisotopic (exact) mass is 197 g/mol. The van der Waals surface area contributed by atoms with Gasteiger partial charge in [-0.25, -0.2) is 0 Å². The van der Waals surface area contributed by atoms with Crippen LogP contribution >= 0.6 is 11.3 Å². The summed E-state index contributed by atoms with van der Waals surface area (Å²) in [5.74, 6) is 0.162. The third-order valence-electron chi connectivity index (χ3n) is 1.75. The Bertz CT molecular complexity index is 243. The molecule has 0 spiro atoms. The molecular formula is C10H15NOS. The van der Waals surface area contributed by atoms with Crippen LogP contribution in [0.5, 0.6) is 0 Å². The van der Waals surface area contributed by atoms with E-state index in [1.54, 1.807) is 11.3 Å². The van der Waals surface area contributed by atoms with E-state index in [1.807, 2.05) is 11.4 Å². The first-order valence-corrected chi connectivity index (χ1v) is 5.50. The Hall–Kier alpha value is -0.830. The summed E-state index contributed by atoms with van der Waals surface area (Å²) in [4.78, 5) is 12.5. The molecule has 0 saturated heterocycles. The fourth-order valence-corrected chi connectivity index (χ4v) is 1.75. The number of amides is 1. The van der Waals surface area contributed by atoms with Crippen LogP contribution in [0, 0.1) is 0 Å². The Morgan fingerprint density at radius 2 is 2.46 bits per heavy atom. The molecule has 1 aromatic rings. The van der Waals surface area contributed by atoms with Crippen LogP contribution in [0.2, 0.25) is 0 Å². The van der Waals surface area contributed by atoms with Gasteiger partial charge in [0.05, 0.1) is 0 Å². The highest BCUT2D eigenvalue weighted by Gasteiger charge is 2.00. The molecule has 0 aliphatic carbocycles. The van der Waals surface area contributed by atoms with E-state index in [9.17, 15) is 4.79 Å². The first kappa shape index (κ1) is 10.3. The van der Waals surface area contributed by atoms with Crippen LogP contribution < -0.4 is 5.32 Å². The predicted octanol–water partition coefficient (Wildman–Crippen LogP) is 2.21. The van der Waals surface area contributed by atoms with Crippen LogP contribution in [0.4, 0.5) is 0 Å². The van der Waals surface area contributed by atoms with Gasteiger partial charge in [-0.1, -0.05) is 13.0 Å². The Labute approximate surface area is 83.0 Å². The molecule has 0 aromatic carbocycles. The molecule has 0 fully saturated rings. The fraction of sp³-hybridized carbons (Fsp3) is 0.500. The summed E-state index contributed by atoms with van der Waals surface area (Å²) in [6, 6.07) is 4.09. The highest BCUT2D eigenvalue weighted by Crippen LogP contribution is 2.10. The van der Waals surface area contributed by atoms with Crippen molar-refractivity contribution in [3.63, 3.8) is 0 Å². The molecule has 0 radical (unpaired) electrons. The topological polar surface area (TPSA) is 29.1 Å². The molecule has 0 unspecified atom stereocenters. The van der Waals surface area contributed by atoms with E-state index in [0.29, 0.717) is 6.42 Å². The number of hydrogen-bond donors (Lipinski definition) is 1. The van der Waals surface area contributed by atoms with Gasteiger partial charge in [0.1, 0.15) is 0 Å². The Morgan fingerprint density at radius 3 is 3.08 bits per heavy atom. The lowest BCUT2D eigenvalue weighted by atomic mass is 10.2. The summed E-state index contributed by atoms with van der Waals surface area (Å²) >= 11 is 1.71. The average molecular weight is 197 g/mol. The molecule has 1 N–H and O–H groups in total. The van der Waals surface area contributed by atoms with Gasteiger partial charge >= 0.3 is 0 Å². The summed E-state index contributed by atoms with van der Waals surface area (Å²) in [7, 11) is 0. The smallest absolute Gasteiger partial charge is 0.220 e. The van der Waals surface area contributed by atoms with E-state index >= 15 is 0 Å². The quantitative estimate of drug-likeness (QED) is 0.770. The third-order valence-corrected chi connectivity index (χ3v) is 2.69. The van der Waals surface area contributed by atoms with Crippen LogP contribution in [0.1, 0.15) is 24.6 Å². The van der Waals surface area contributed by atoms with Crippen molar-refractivity contribution in [3.05, 3.63) is 22.4 Å². The summed E-state index contributed by atoms with van der Waals surface area (Å²) in [5, 5.41) is 4.90. The SMILES string of the molecule is CCCNC(=O)CCc1cccs1. The second-order valence-corrected chi connectivity index (χ2v) is 3.96. The standard InChI is InChI=1S/C10H15NOS/c1-2-7-11-10(12)6-5-9-4-3-8-13-9/h3-4,8H,2,5-7H2,1H3,(H,11,12). The van der Waals surface area contributed by atoms with Gasteiger partial charge in [0, 0.05) is 17.8 Å². The lowest BCUT2D eigenvalue weighted by Gasteiger charge is -2.01. The van der Waals surface area contributed by atoms with Crippen molar-refractivity contribution < 1.29 is 4.79 Å². The number of hydrogen-bond acceptors (Lipinski definition) is 2. The lowest BCUT2D eigenvalue weighted by molar-refractivity contribution is -0.121. The van der Waals surface area contributed by atoms with Gasteiger partial charge in [-0.15, -0.1) is 11.3 Å². The summed E-state index contributed by atoms with van der Waals surface area (Å²) in [6.45, 7) is 2.85. The number of aryl methyl sites for hydroxylation is 1. The molecule has 0 bridgehead atoms. The van der Waals surface area contributed by atoms with Crippen LogP contribution in [0.25, 0.3) is 0 Å². The summed E-state index contributed by atoms with van der Waals surface area (Å²) in [6.07, 6.45) is 2.48. The van der Waals surface area contributed by atoms with E-state index in [4.69, 9.17) is 0 Å². The molecule has 3 heteroatoms. The highest BCUT2D eigenvalue weighted by atomic mass is 32.1. The van der Waals surface area contributed by atoms with Gasteiger partial charge in [0.25, 0.3) is 0 Å². The summed E-state index contributed by atoms with van der Waals surface area (Å²) < 4.78 is 0. The van der Waals surface area contributed by atoms with Crippen molar-refractivity contribution in [3.8, 4) is 0 Å². The van der Waals surface area contributed by atoms with Gasteiger partial charge in [-0.2, -0.15) is 0 Å². The van der Waals surface area contributed by atoms with Crippen molar-refractivity contribution in [2.75, 3.05) is 6.54 Å². The maximum atomic E-state index is 11.2. The van der Waals surface area contributed by atoms with Gasteiger partial charge in [-0.05, 0) is 24.3 Å². The minimum atomic E-state index is 0.162. The lowest BCUT2D eigenvalue weighted by Crippen LogP contribution is -2.23. The van der Waals surface area contributed by atoms with Gasteiger partial charge in [0.15, 0.2) is 0 Å². The summed E-state index contributed by atoms with van der Waals surface area (Å²) in [5.41, 5.74) is 0. The third kappa shape index (κ3) is 4.08. The van der Waals surface area contributed by atoms with Gasteiger partial charge in [0.2, 0.25) is 5.91 Å². The van der Waals surface area contributed by atoms with E-state index in [2.05, 4.69) is 18.3 Å². The molecule has 0 atom stereocenters. The normalized spacial score (nSPS) is 9.92. The number of nitrogens with one attached hydrogen (secondary N) is 1. The molecule has 1 rings (SSSR count). The zero-order chi connectivity index (χ0) is 9.52. The van der Waals surface area contributed by atoms with Crippen molar-refractivity contribution in [2.45, 2.75) is 26.2 Å². The Balaban J connectivity index is 2.15. The number of carbonyl (C=O) groups is 1. The average Bonchev–Trinajstić information content (AvgIpc) is 2.64. The number of carbonyl (C=O) groups excluding carboxylic acids is 1. The second-order valence-electron chi connectivity index (χ2n) is 2.93. The maximum absolute atomic E-state index is 11.2. The molecule has 2 nitrogen and oxygen atoms in total. The first-order valence-electron chi connectivity index (χ1n) is 4.62. The van der Waals surface area contributed by atoms with Crippen molar-refractivity contribution >= 4 is 17.2 Å². The zero-order valence-electron chi connectivity index (χ0n) is 7.88. The van der Waals surface area contributed by atoms with Crippen molar-refractivity contribution in [2.24, 2.45) is 0 Å². The van der Waals surface area contributed by atoms with Crippen molar-refractivity contribution in [1.82, 2.24) is 5.32 Å². The zero-order valence-corrected chi connectivity index (χ0v) is 8.69. The minimum absolute atomic E-state index is 0.162. The maximum Gasteiger partial charge on any atom is 0.220 e. The highest BCUT2D eigenvalue weighted by molar-refractivity contribution is 7.09. The molecule has 13 heavy (non-hydrogen) atoms. The fourth-order valence-electron chi connectivity index (χ4n) is 1.04. The second kappa shape index (κ2) is 5.75. The van der Waals surface area contributed by atoms with E-state index in [1.165, 1.54) is 4.88 Å². The van der Waals surface area contributed by atoms with Crippen LogP contribution in [0.3, 0.4) is 0 Å². The van der Waals surface area contributed by atoms with E-state index in [-0.39, 0.29) is 5.91 Å². The van der Waals surface area contributed by atoms with Gasteiger partial charge < -0.3 is 5.32 Å². The predicted molar refractivity (Wildman–Crippen MR) is 55.9 cm³/mol. The van der Waals surface area contributed by atoms with Crippen LogP contribution in [0.15, 0.2) is 17.5 Å². The largest absolute Gasteiger partial charge is 0.356 e. The molecule has 0 saturated carbocycles. The number of rotatable bonds is 5. The van der Waals surface area contributed by atoms with Gasteiger partial charge in [-0.3, -0.25) is 4.79 Å². The molecule has 1 heterocycles. The molecule has 72 valence electrons. The van der Waals surface area contributed by atoms with E-state index in [0.717, 1.165) is 19.4 Å². The van der Waals surface area contributed by atoms with Crippen LogP contribution in [-0.2, 0) is 11.2 Å². The number of thiophene rings is 1. The van der Waals surface area contributed by atoms with E-state index < -0.39 is 0 Å². The Morgan fingerprint density at radius 1 is 1.62 bits per heavy atom. The molecular weight excluding hydrogens is 182 g/mol. The van der Waals surface area contributed by atoms with Crippen molar-refractivity contribution in [1.29, 1.82) is 0 Å². The molecule has 1 amide bonds. The molecule has 0 aliphatic rings. The first-order chi connectivity index (χ1) is 6.33. The van der Waals surface area contributed by atoms with Crippen LogP contribution in [-0.4, -0.2) is 12.5 Å².